The third kappa shape index (κ3) is 1.97. The Kier molecular flexibility index (Phi) is 2.99. The van der Waals surface area contributed by atoms with Crippen LogP contribution < -0.4 is 0 Å². The van der Waals surface area contributed by atoms with Gasteiger partial charge in [-0.05, 0) is 43.9 Å². The molecule has 0 bridgehead atoms. The monoisotopic (exact) mass is 226 g/mol. The summed E-state index contributed by atoms with van der Waals surface area (Å²) in [6.07, 6.45) is 5.45. The number of carboxylic acids is 1. The first-order valence-electron chi connectivity index (χ1n) is 6.31. The van der Waals surface area contributed by atoms with Crippen molar-refractivity contribution in [2.75, 3.05) is 6.61 Å². The Morgan fingerprint density at radius 2 is 1.88 bits per heavy atom. The second-order valence-corrected chi connectivity index (χ2v) is 6.13. The molecule has 1 heterocycles. The number of carboxylic acid groups (broad SMARTS) is 1. The van der Waals surface area contributed by atoms with Crippen molar-refractivity contribution in [3.8, 4) is 0 Å². The molecule has 1 unspecified atom stereocenters. The van der Waals surface area contributed by atoms with E-state index in [9.17, 15) is 9.90 Å². The zero-order valence-electron chi connectivity index (χ0n) is 10.3. The molecule has 2 aliphatic rings. The maximum atomic E-state index is 11.6. The van der Waals surface area contributed by atoms with Gasteiger partial charge in [0.1, 0.15) is 0 Å². The van der Waals surface area contributed by atoms with Gasteiger partial charge < -0.3 is 9.84 Å². The standard InChI is InChI=1S/C13H22O3/c1-12(2)5-7-13(8-6-12,11(14)15)10-4-3-9-16-10/h10H,3-9H2,1-2H3,(H,14,15). The fourth-order valence-corrected chi connectivity index (χ4v) is 3.06. The Hall–Kier alpha value is -0.570. The summed E-state index contributed by atoms with van der Waals surface area (Å²) in [5, 5.41) is 9.54. The summed E-state index contributed by atoms with van der Waals surface area (Å²) in [6, 6.07) is 0. The molecule has 1 saturated heterocycles. The fraction of sp³-hybridized carbons (Fsp3) is 0.923. The molecule has 0 amide bonds. The number of aliphatic carboxylic acids is 1. The molecule has 0 aromatic heterocycles. The van der Waals surface area contributed by atoms with Crippen molar-refractivity contribution in [2.45, 2.75) is 58.5 Å². The average Bonchev–Trinajstić information content (AvgIpc) is 2.71. The van der Waals surface area contributed by atoms with Crippen LogP contribution in [0.2, 0.25) is 0 Å². The molecule has 1 N–H and O–H groups in total. The van der Waals surface area contributed by atoms with Crippen molar-refractivity contribution >= 4 is 5.97 Å². The summed E-state index contributed by atoms with van der Waals surface area (Å²) in [7, 11) is 0. The molecule has 16 heavy (non-hydrogen) atoms. The van der Waals surface area contributed by atoms with E-state index in [1.165, 1.54) is 0 Å². The maximum absolute atomic E-state index is 11.6. The predicted octanol–water partition coefficient (Wildman–Crippen LogP) is 2.84. The normalized spacial score (nSPS) is 32.5. The van der Waals surface area contributed by atoms with Gasteiger partial charge in [-0.25, -0.2) is 0 Å². The van der Waals surface area contributed by atoms with E-state index in [0.717, 1.165) is 45.1 Å². The first-order chi connectivity index (χ1) is 7.46. The molecule has 2 rings (SSSR count). The van der Waals surface area contributed by atoms with Crippen molar-refractivity contribution in [3.63, 3.8) is 0 Å². The molecule has 1 saturated carbocycles. The smallest absolute Gasteiger partial charge is 0.312 e. The molecule has 3 nitrogen and oxygen atoms in total. The molecule has 2 fully saturated rings. The van der Waals surface area contributed by atoms with Crippen LogP contribution in [-0.2, 0) is 9.53 Å². The zero-order chi connectivity index (χ0) is 11.8. The zero-order valence-corrected chi connectivity index (χ0v) is 10.3. The summed E-state index contributed by atoms with van der Waals surface area (Å²) < 4.78 is 5.64. The van der Waals surface area contributed by atoms with Crippen molar-refractivity contribution in [1.82, 2.24) is 0 Å². The minimum atomic E-state index is -0.644. The Bertz CT molecular complexity index is 267. The number of hydrogen-bond acceptors (Lipinski definition) is 2. The molecule has 3 heteroatoms. The highest BCUT2D eigenvalue weighted by molar-refractivity contribution is 5.75. The van der Waals surface area contributed by atoms with E-state index in [1.54, 1.807) is 0 Å². The third-order valence-electron chi connectivity index (χ3n) is 4.47. The van der Waals surface area contributed by atoms with Crippen LogP contribution in [0.4, 0.5) is 0 Å². The van der Waals surface area contributed by atoms with Gasteiger partial charge in [-0.1, -0.05) is 13.8 Å². The fourth-order valence-electron chi connectivity index (χ4n) is 3.06. The maximum Gasteiger partial charge on any atom is 0.312 e. The number of hydrogen-bond donors (Lipinski definition) is 1. The topological polar surface area (TPSA) is 46.5 Å². The number of carbonyl (C=O) groups is 1. The lowest BCUT2D eigenvalue weighted by molar-refractivity contribution is -0.163. The predicted molar refractivity (Wildman–Crippen MR) is 61.3 cm³/mol. The van der Waals surface area contributed by atoms with Crippen LogP contribution in [0.15, 0.2) is 0 Å². The molecule has 0 aromatic rings. The lowest BCUT2D eigenvalue weighted by atomic mass is 9.62. The van der Waals surface area contributed by atoms with E-state index in [-0.39, 0.29) is 6.10 Å². The van der Waals surface area contributed by atoms with Gasteiger partial charge in [0.25, 0.3) is 0 Å². The van der Waals surface area contributed by atoms with E-state index in [0.29, 0.717) is 5.41 Å². The largest absolute Gasteiger partial charge is 0.481 e. The van der Waals surface area contributed by atoms with E-state index < -0.39 is 11.4 Å². The molecular weight excluding hydrogens is 204 g/mol. The highest BCUT2D eigenvalue weighted by Crippen LogP contribution is 2.49. The van der Waals surface area contributed by atoms with Gasteiger partial charge in [0, 0.05) is 6.61 Å². The van der Waals surface area contributed by atoms with Crippen LogP contribution >= 0.6 is 0 Å². The summed E-state index contributed by atoms with van der Waals surface area (Å²) >= 11 is 0. The summed E-state index contributed by atoms with van der Waals surface area (Å²) in [6.45, 7) is 5.20. The molecular formula is C13H22O3. The summed E-state index contributed by atoms with van der Waals surface area (Å²) in [4.78, 5) is 11.6. The highest BCUT2D eigenvalue weighted by Gasteiger charge is 2.50. The molecule has 0 radical (unpaired) electrons. The van der Waals surface area contributed by atoms with Crippen molar-refractivity contribution < 1.29 is 14.6 Å². The quantitative estimate of drug-likeness (QED) is 0.787. The van der Waals surface area contributed by atoms with Gasteiger partial charge in [-0.15, -0.1) is 0 Å². The van der Waals surface area contributed by atoms with Crippen molar-refractivity contribution in [2.24, 2.45) is 10.8 Å². The lowest BCUT2D eigenvalue weighted by Crippen LogP contribution is -2.46. The second kappa shape index (κ2) is 4.02. The summed E-state index contributed by atoms with van der Waals surface area (Å²) in [5.74, 6) is -0.644. The van der Waals surface area contributed by atoms with Crippen molar-refractivity contribution in [1.29, 1.82) is 0 Å². The minimum absolute atomic E-state index is 0.0406. The van der Waals surface area contributed by atoms with Gasteiger partial charge in [-0.3, -0.25) is 4.79 Å². The van der Waals surface area contributed by atoms with Gasteiger partial charge in [0.15, 0.2) is 0 Å². The van der Waals surface area contributed by atoms with Gasteiger partial charge in [0.05, 0.1) is 11.5 Å². The first-order valence-corrected chi connectivity index (χ1v) is 6.31. The number of rotatable bonds is 2. The highest BCUT2D eigenvalue weighted by atomic mass is 16.5. The van der Waals surface area contributed by atoms with Crippen LogP contribution in [0.1, 0.15) is 52.4 Å². The third-order valence-corrected chi connectivity index (χ3v) is 4.47. The SMILES string of the molecule is CC1(C)CCC(C(=O)O)(C2CCCO2)CC1. The lowest BCUT2D eigenvalue weighted by Gasteiger charge is -2.43. The van der Waals surface area contributed by atoms with Crippen LogP contribution in [0.5, 0.6) is 0 Å². The minimum Gasteiger partial charge on any atom is -0.481 e. The first kappa shape index (κ1) is 11.9. The van der Waals surface area contributed by atoms with Gasteiger partial charge in [-0.2, -0.15) is 0 Å². The van der Waals surface area contributed by atoms with Gasteiger partial charge in [0.2, 0.25) is 0 Å². The average molecular weight is 226 g/mol. The van der Waals surface area contributed by atoms with Crippen LogP contribution in [0.3, 0.4) is 0 Å². The Balaban J connectivity index is 2.14. The van der Waals surface area contributed by atoms with Crippen LogP contribution in [0, 0.1) is 10.8 Å². The molecule has 92 valence electrons. The number of ether oxygens (including phenoxy) is 1. The van der Waals surface area contributed by atoms with Crippen molar-refractivity contribution in [3.05, 3.63) is 0 Å². The molecule has 0 aromatic carbocycles. The summed E-state index contributed by atoms with van der Waals surface area (Å²) in [5.41, 5.74) is -0.288. The second-order valence-electron chi connectivity index (χ2n) is 6.13. The van der Waals surface area contributed by atoms with E-state index in [1.807, 2.05) is 0 Å². The Labute approximate surface area is 97.2 Å². The molecule has 1 aliphatic heterocycles. The van der Waals surface area contributed by atoms with E-state index in [4.69, 9.17) is 4.74 Å². The molecule has 0 spiro atoms. The Morgan fingerprint density at radius 3 is 2.31 bits per heavy atom. The van der Waals surface area contributed by atoms with Crippen LogP contribution in [0.25, 0.3) is 0 Å². The van der Waals surface area contributed by atoms with E-state index in [2.05, 4.69) is 13.8 Å². The van der Waals surface area contributed by atoms with Gasteiger partial charge >= 0.3 is 5.97 Å². The van der Waals surface area contributed by atoms with Crippen LogP contribution in [-0.4, -0.2) is 23.8 Å². The molecule has 1 atom stereocenters. The molecule has 1 aliphatic carbocycles. The van der Waals surface area contributed by atoms with E-state index >= 15 is 0 Å². The Morgan fingerprint density at radius 1 is 1.25 bits per heavy atom.